The summed E-state index contributed by atoms with van der Waals surface area (Å²) in [5.74, 6) is -2.84. The third-order valence-electron chi connectivity index (χ3n) is 3.77. The van der Waals surface area contributed by atoms with Gasteiger partial charge < -0.3 is 15.2 Å². The summed E-state index contributed by atoms with van der Waals surface area (Å²) in [6, 6.07) is 17.7. The monoisotopic (exact) mass is 496 g/mol. The van der Waals surface area contributed by atoms with Crippen LogP contribution < -0.4 is 0 Å². The number of nitrogens with one attached hydrogen (secondary N) is 1. The number of benzene rings is 2. The van der Waals surface area contributed by atoms with Crippen molar-refractivity contribution in [2.45, 2.75) is 12.6 Å². The van der Waals surface area contributed by atoms with E-state index in [9.17, 15) is 18.0 Å². The SMILES string of the molecule is O=C(O)/C=C/c1ccc(Cc2nc(-c3ccccc3)c(Br)[nH]2)cc1.O=C(O)C(F)(F)F. The molecule has 0 saturated carbocycles. The van der Waals surface area contributed by atoms with Crippen LogP contribution in [-0.2, 0) is 16.0 Å². The van der Waals surface area contributed by atoms with E-state index >= 15 is 0 Å². The number of carboxylic acids is 2. The van der Waals surface area contributed by atoms with Gasteiger partial charge >= 0.3 is 18.1 Å². The van der Waals surface area contributed by atoms with Crippen LogP contribution in [0.25, 0.3) is 17.3 Å². The topological polar surface area (TPSA) is 103 Å². The van der Waals surface area contributed by atoms with Gasteiger partial charge in [0.1, 0.15) is 16.1 Å². The third kappa shape index (κ3) is 7.74. The molecule has 31 heavy (non-hydrogen) atoms. The van der Waals surface area contributed by atoms with Gasteiger partial charge in [0.2, 0.25) is 0 Å². The number of rotatable bonds is 5. The smallest absolute Gasteiger partial charge is 0.478 e. The number of aromatic amines is 1. The predicted octanol–water partition coefficient (Wildman–Crippen LogP) is 5.16. The summed E-state index contributed by atoms with van der Waals surface area (Å²) in [4.78, 5) is 27.3. The molecule has 3 N–H and O–H groups in total. The van der Waals surface area contributed by atoms with Crippen molar-refractivity contribution in [3.8, 4) is 11.3 Å². The number of carbonyl (C=O) groups is 2. The second kappa shape index (κ2) is 10.6. The van der Waals surface area contributed by atoms with Gasteiger partial charge in [-0.05, 0) is 33.1 Å². The van der Waals surface area contributed by atoms with E-state index in [0.717, 1.165) is 38.9 Å². The van der Waals surface area contributed by atoms with Crippen LogP contribution in [-0.4, -0.2) is 38.3 Å². The Bertz CT molecular complexity index is 1060. The average Bonchev–Trinajstić information content (AvgIpc) is 3.08. The van der Waals surface area contributed by atoms with Gasteiger partial charge in [-0.25, -0.2) is 14.6 Å². The molecule has 1 aromatic heterocycles. The van der Waals surface area contributed by atoms with Crippen molar-refractivity contribution < 1.29 is 33.0 Å². The molecule has 10 heteroatoms. The lowest BCUT2D eigenvalue weighted by Gasteiger charge is -1.99. The molecule has 0 atom stereocenters. The minimum atomic E-state index is -5.08. The van der Waals surface area contributed by atoms with Crippen LogP contribution in [0.15, 0.2) is 65.3 Å². The van der Waals surface area contributed by atoms with E-state index in [1.165, 1.54) is 0 Å². The fraction of sp³-hybridized carbons (Fsp3) is 0.0952. The summed E-state index contributed by atoms with van der Waals surface area (Å²) in [7, 11) is 0. The zero-order valence-corrected chi connectivity index (χ0v) is 17.3. The molecule has 0 fully saturated rings. The van der Waals surface area contributed by atoms with Crippen LogP contribution in [0, 0.1) is 0 Å². The van der Waals surface area contributed by atoms with Crippen LogP contribution in [0.1, 0.15) is 17.0 Å². The molecule has 2 aromatic carbocycles. The van der Waals surface area contributed by atoms with Crippen LogP contribution in [0.3, 0.4) is 0 Å². The van der Waals surface area contributed by atoms with Crippen LogP contribution in [0.4, 0.5) is 13.2 Å². The van der Waals surface area contributed by atoms with E-state index in [2.05, 4.69) is 25.9 Å². The molecule has 0 aliphatic heterocycles. The lowest BCUT2D eigenvalue weighted by molar-refractivity contribution is -0.192. The molecular formula is C21H16BrF3N2O4. The van der Waals surface area contributed by atoms with Gasteiger partial charge in [0.15, 0.2) is 0 Å². The number of halogens is 4. The van der Waals surface area contributed by atoms with Crippen molar-refractivity contribution in [2.75, 3.05) is 0 Å². The average molecular weight is 497 g/mol. The maximum atomic E-state index is 10.6. The molecule has 0 aliphatic rings. The molecular weight excluding hydrogens is 481 g/mol. The lowest BCUT2D eigenvalue weighted by atomic mass is 10.1. The Kier molecular flexibility index (Phi) is 8.14. The van der Waals surface area contributed by atoms with Gasteiger partial charge in [0.25, 0.3) is 0 Å². The molecule has 0 aliphatic carbocycles. The van der Waals surface area contributed by atoms with Crippen LogP contribution >= 0.6 is 15.9 Å². The van der Waals surface area contributed by atoms with E-state index in [0.29, 0.717) is 6.42 Å². The molecule has 0 spiro atoms. The highest BCUT2D eigenvalue weighted by molar-refractivity contribution is 9.10. The van der Waals surface area contributed by atoms with E-state index in [1.807, 2.05) is 54.6 Å². The lowest BCUT2D eigenvalue weighted by Crippen LogP contribution is -2.21. The van der Waals surface area contributed by atoms with Crippen LogP contribution in [0.2, 0.25) is 0 Å². The first kappa shape index (κ1) is 23.9. The van der Waals surface area contributed by atoms with Gasteiger partial charge in [-0.2, -0.15) is 13.2 Å². The molecule has 162 valence electrons. The Morgan fingerprint density at radius 3 is 2.13 bits per heavy atom. The molecule has 3 aromatic rings. The molecule has 0 unspecified atom stereocenters. The highest BCUT2D eigenvalue weighted by Gasteiger charge is 2.38. The van der Waals surface area contributed by atoms with Gasteiger partial charge in [0.05, 0.1) is 0 Å². The first-order valence-corrected chi connectivity index (χ1v) is 9.45. The van der Waals surface area contributed by atoms with Crippen molar-refractivity contribution in [2.24, 2.45) is 0 Å². The Balaban J connectivity index is 0.000000423. The Morgan fingerprint density at radius 2 is 1.61 bits per heavy atom. The van der Waals surface area contributed by atoms with E-state index in [4.69, 9.17) is 15.0 Å². The molecule has 0 saturated heterocycles. The zero-order chi connectivity index (χ0) is 23.0. The minimum Gasteiger partial charge on any atom is -0.478 e. The van der Waals surface area contributed by atoms with E-state index < -0.39 is 18.1 Å². The Labute approximate surface area is 183 Å². The van der Waals surface area contributed by atoms with Crippen molar-refractivity contribution in [3.05, 3.63) is 82.2 Å². The van der Waals surface area contributed by atoms with Crippen molar-refractivity contribution in [1.82, 2.24) is 9.97 Å². The van der Waals surface area contributed by atoms with E-state index in [1.54, 1.807) is 6.08 Å². The Hall–Kier alpha value is -3.40. The highest BCUT2D eigenvalue weighted by Crippen LogP contribution is 2.26. The fourth-order valence-corrected chi connectivity index (χ4v) is 2.92. The quantitative estimate of drug-likeness (QED) is 0.423. The summed E-state index contributed by atoms with van der Waals surface area (Å²) >= 11 is 3.53. The number of H-pyrrole nitrogens is 1. The van der Waals surface area contributed by atoms with Crippen molar-refractivity contribution >= 4 is 33.9 Å². The second-order valence-corrected chi connectivity index (χ2v) is 6.90. The number of imidazole rings is 1. The maximum absolute atomic E-state index is 10.6. The molecule has 0 bridgehead atoms. The van der Waals surface area contributed by atoms with Gasteiger partial charge in [-0.3, -0.25) is 0 Å². The Morgan fingerprint density at radius 1 is 1.03 bits per heavy atom. The van der Waals surface area contributed by atoms with Crippen molar-refractivity contribution in [3.63, 3.8) is 0 Å². The molecule has 0 radical (unpaired) electrons. The third-order valence-corrected chi connectivity index (χ3v) is 4.34. The zero-order valence-electron chi connectivity index (χ0n) is 15.7. The molecule has 6 nitrogen and oxygen atoms in total. The van der Waals surface area contributed by atoms with Gasteiger partial charge in [-0.15, -0.1) is 0 Å². The van der Waals surface area contributed by atoms with Gasteiger partial charge in [-0.1, -0.05) is 54.6 Å². The first-order valence-electron chi connectivity index (χ1n) is 8.66. The summed E-state index contributed by atoms with van der Waals surface area (Å²) < 4.78 is 32.6. The van der Waals surface area contributed by atoms with Gasteiger partial charge in [0, 0.05) is 18.1 Å². The van der Waals surface area contributed by atoms with E-state index in [-0.39, 0.29) is 0 Å². The number of carboxylic acid groups (broad SMARTS) is 2. The number of hydrogen-bond donors (Lipinski definition) is 3. The molecule has 3 rings (SSSR count). The summed E-state index contributed by atoms with van der Waals surface area (Å²) in [5.41, 5.74) is 3.91. The maximum Gasteiger partial charge on any atom is 0.490 e. The number of aromatic nitrogens is 2. The standard InChI is InChI=1S/C19H15BrN2O2.C2HF3O2/c20-19-18(15-4-2-1-3-5-15)21-16(22-19)12-14-8-6-13(7-9-14)10-11-17(23)24;3-2(4,5)1(6)7/h1-11H,12H2,(H,21,22)(H,23,24);(H,6,7)/b11-10+;. The summed E-state index contributed by atoms with van der Waals surface area (Å²) in [6.45, 7) is 0. The van der Waals surface area contributed by atoms with Crippen molar-refractivity contribution in [1.29, 1.82) is 0 Å². The number of alkyl halides is 3. The molecule has 1 heterocycles. The fourth-order valence-electron chi connectivity index (χ4n) is 2.38. The number of hydrogen-bond acceptors (Lipinski definition) is 3. The summed E-state index contributed by atoms with van der Waals surface area (Å²) in [5, 5.41) is 15.8. The van der Waals surface area contributed by atoms with Crippen LogP contribution in [0.5, 0.6) is 0 Å². The predicted molar refractivity (Wildman–Crippen MR) is 111 cm³/mol. The largest absolute Gasteiger partial charge is 0.490 e. The normalized spacial score (nSPS) is 11.1. The number of nitrogens with zero attached hydrogens (tertiary/aromatic N) is 1. The first-order chi connectivity index (χ1) is 14.6. The minimum absolute atomic E-state index is 0.675. The molecule has 0 amide bonds. The summed E-state index contributed by atoms with van der Waals surface area (Å²) in [6.07, 6.45) is -1.71. The highest BCUT2D eigenvalue weighted by atomic mass is 79.9. The number of aliphatic carboxylic acids is 2. The second-order valence-electron chi connectivity index (χ2n) is 6.10.